The number of benzene rings is 1. The van der Waals surface area contributed by atoms with Gasteiger partial charge in [-0.2, -0.15) is 0 Å². The molecular formula is C9H10N2O. The van der Waals surface area contributed by atoms with Crippen LogP contribution < -0.4 is 10.6 Å². The van der Waals surface area contributed by atoms with E-state index in [4.69, 9.17) is 5.73 Å². The molecule has 0 aliphatic carbocycles. The van der Waals surface area contributed by atoms with E-state index in [1.165, 1.54) is 0 Å². The third-order valence-corrected chi connectivity index (χ3v) is 2.23. The number of nitrogen functional groups attached to an aromatic ring is 1. The molecule has 0 unspecified atom stereocenters. The average molecular weight is 162 g/mol. The number of anilines is 2. The molecule has 0 saturated carbocycles. The fourth-order valence-corrected chi connectivity index (χ4v) is 1.60. The minimum absolute atomic E-state index is 0.757. The summed E-state index contributed by atoms with van der Waals surface area (Å²) in [7, 11) is 0. The third-order valence-electron chi connectivity index (χ3n) is 2.23. The van der Waals surface area contributed by atoms with Gasteiger partial charge < -0.3 is 10.6 Å². The van der Waals surface area contributed by atoms with Gasteiger partial charge in [0.25, 0.3) is 0 Å². The Balaban J connectivity index is 2.52. The molecule has 12 heavy (non-hydrogen) atoms. The van der Waals surface area contributed by atoms with Gasteiger partial charge in [-0.15, -0.1) is 0 Å². The number of nitrogens with two attached hydrogens (primary N) is 1. The summed E-state index contributed by atoms with van der Waals surface area (Å²) in [5.41, 5.74) is 8.60. The molecule has 1 aromatic rings. The van der Waals surface area contributed by atoms with E-state index in [0.717, 1.165) is 36.3 Å². The number of hydrogen-bond acceptors (Lipinski definition) is 2. The van der Waals surface area contributed by atoms with Crippen LogP contribution in [-0.4, -0.2) is 13.0 Å². The van der Waals surface area contributed by atoms with Crippen molar-refractivity contribution in [2.45, 2.75) is 6.42 Å². The molecule has 0 radical (unpaired) electrons. The van der Waals surface area contributed by atoms with Crippen molar-refractivity contribution in [3.63, 3.8) is 0 Å². The molecule has 2 N–H and O–H groups in total. The maximum Gasteiger partial charge on any atom is 0.214 e. The van der Waals surface area contributed by atoms with Gasteiger partial charge in [0, 0.05) is 23.5 Å². The zero-order valence-electron chi connectivity index (χ0n) is 6.66. The van der Waals surface area contributed by atoms with Crippen molar-refractivity contribution in [3.05, 3.63) is 23.8 Å². The van der Waals surface area contributed by atoms with Crippen molar-refractivity contribution in [2.24, 2.45) is 0 Å². The molecule has 0 spiro atoms. The van der Waals surface area contributed by atoms with E-state index in [1.807, 2.05) is 18.2 Å². The van der Waals surface area contributed by atoms with Crippen LogP contribution >= 0.6 is 0 Å². The Morgan fingerprint density at radius 2 is 2.33 bits per heavy atom. The van der Waals surface area contributed by atoms with Crippen molar-refractivity contribution in [3.8, 4) is 0 Å². The summed E-state index contributed by atoms with van der Waals surface area (Å²) in [4.78, 5) is 12.3. The monoisotopic (exact) mass is 162 g/mol. The topological polar surface area (TPSA) is 46.3 Å². The van der Waals surface area contributed by atoms with Crippen LogP contribution in [0.4, 0.5) is 11.4 Å². The van der Waals surface area contributed by atoms with Gasteiger partial charge in [0.2, 0.25) is 6.41 Å². The number of hydrogen-bond donors (Lipinski definition) is 1. The fourth-order valence-electron chi connectivity index (χ4n) is 1.60. The first-order chi connectivity index (χ1) is 5.83. The quantitative estimate of drug-likeness (QED) is 0.490. The van der Waals surface area contributed by atoms with Crippen LogP contribution in [-0.2, 0) is 11.2 Å². The summed E-state index contributed by atoms with van der Waals surface area (Å²) in [5.74, 6) is 0. The van der Waals surface area contributed by atoms with Gasteiger partial charge in [-0.1, -0.05) is 6.07 Å². The smallest absolute Gasteiger partial charge is 0.214 e. The lowest BCUT2D eigenvalue weighted by Crippen LogP contribution is -2.17. The van der Waals surface area contributed by atoms with Crippen molar-refractivity contribution >= 4 is 17.8 Å². The predicted octanol–water partition coefficient (Wildman–Crippen LogP) is 0.788. The van der Waals surface area contributed by atoms with Crippen molar-refractivity contribution in [2.75, 3.05) is 17.2 Å². The lowest BCUT2D eigenvalue weighted by molar-refractivity contribution is -0.107. The van der Waals surface area contributed by atoms with Crippen molar-refractivity contribution in [1.29, 1.82) is 0 Å². The molecule has 1 aromatic carbocycles. The van der Waals surface area contributed by atoms with E-state index < -0.39 is 0 Å². The minimum Gasteiger partial charge on any atom is -0.398 e. The highest BCUT2D eigenvalue weighted by atomic mass is 16.1. The summed E-state index contributed by atoms with van der Waals surface area (Å²) < 4.78 is 0. The number of rotatable bonds is 1. The molecule has 62 valence electrons. The maximum absolute atomic E-state index is 10.6. The molecule has 0 saturated heterocycles. The Hall–Kier alpha value is -1.51. The summed E-state index contributed by atoms with van der Waals surface area (Å²) in [6, 6.07) is 5.66. The largest absolute Gasteiger partial charge is 0.398 e. The Morgan fingerprint density at radius 3 is 3.08 bits per heavy atom. The Kier molecular flexibility index (Phi) is 1.50. The maximum atomic E-state index is 10.6. The SMILES string of the molecule is Nc1cccc2c1CCN2C=O. The van der Waals surface area contributed by atoms with E-state index in [2.05, 4.69) is 0 Å². The van der Waals surface area contributed by atoms with Gasteiger partial charge in [-0.25, -0.2) is 0 Å². The summed E-state index contributed by atoms with van der Waals surface area (Å²) in [6.07, 6.45) is 1.73. The Bertz CT molecular complexity index is 322. The van der Waals surface area contributed by atoms with Crippen LogP contribution in [0, 0.1) is 0 Å². The standard InChI is InChI=1S/C9H10N2O/c10-8-2-1-3-9-7(8)4-5-11(9)6-12/h1-3,6H,4-5,10H2. The highest BCUT2D eigenvalue weighted by molar-refractivity contribution is 5.82. The van der Waals surface area contributed by atoms with E-state index >= 15 is 0 Å². The molecule has 0 bridgehead atoms. The van der Waals surface area contributed by atoms with E-state index in [-0.39, 0.29) is 0 Å². The lowest BCUT2D eigenvalue weighted by atomic mass is 10.1. The second kappa shape index (κ2) is 2.52. The Morgan fingerprint density at radius 1 is 1.50 bits per heavy atom. The summed E-state index contributed by atoms with van der Waals surface area (Å²) >= 11 is 0. The van der Waals surface area contributed by atoms with Crippen molar-refractivity contribution < 1.29 is 4.79 Å². The molecule has 1 heterocycles. The molecule has 2 rings (SSSR count). The van der Waals surface area contributed by atoms with E-state index in [9.17, 15) is 4.79 Å². The van der Waals surface area contributed by atoms with E-state index in [0.29, 0.717) is 0 Å². The second-order valence-electron chi connectivity index (χ2n) is 2.89. The minimum atomic E-state index is 0.757. The zero-order valence-corrected chi connectivity index (χ0v) is 6.66. The predicted molar refractivity (Wildman–Crippen MR) is 48.0 cm³/mol. The van der Waals surface area contributed by atoms with Gasteiger partial charge >= 0.3 is 0 Å². The van der Waals surface area contributed by atoms with Crippen LogP contribution in [0.1, 0.15) is 5.56 Å². The van der Waals surface area contributed by atoms with Crippen LogP contribution in [0.2, 0.25) is 0 Å². The third kappa shape index (κ3) is 0.863. The normalized spacial score (nSPS) is 14.5. The molecule has 0 atom stereocenters. The van der Waals surface area contributed by atoms with Gasteiger partial charge in [-0.05, 0) is 18.6 Å². The fraction of sp³-hybridized carbons (Fsp3) is 0.222. The van der Waals surface area contributed by atoms with Gasteiger partial charge in [0.05, 0.1) is 0 Å². The summed E-state index contributed by atoms with van der Waals surface area (Å²) in [5, 5.41) is 0. The second-order valence-corrected chi connectivity index (χ2v) is 2.89. The number of amides is 1. The van der Waals surface area contributed by atoms with Crippen molar-refractivity contribution in [1.82, 2.24) is 0 Å². The highest BCUT2D eigenvalue weighted by Crippen LogP contribution is 2.30. The number of carbonyl (C=O) groups is 1. The average Bonchev–Trinajstić information content (AvgIpc) is 2.49. The molecule has 1 aliphatic rings. The van der Waals surface area contributed by atoms with E-state index in [1.54, 1.807) is 4.90 Å². The van der Waals surface area contributed by atoms with Crippen LogP contribution in [0.15, 0.2) is 18.2 Å². The molecular weight excluding hydrogens is 152 g/mol. The first-order valence-corrected chi connectivity index (χ1v) is 3.92. The number of fused-ring (bicyclic) bond motifs is 1. The lowest BCUT2D eigenvalue weighted by Gasteiger charge is -2.09. The Labute approximate surface area is 70.8 Å². The molecule has 3 nitrogen and oxygen atoms in total. The molecule has 0 aromatic heterocycles. The molecule has 1 aliphatic heterocycles. The van der Waals surface area contributed by atoms with Gasteiger partial charge in [0.15, 0.2) is 0 Å². The first-order valence-electron chi connectivity index (χ1n) is 3.92. The van der Waals surface area contributed by atoms with Crippen LogP contribution in [0.5, 0.6) is 0 Å². The van der Waals surface area contributed by atoms with Crippen LogP contribution in [0.3, 0.4) is 0 Å². The summed E-state index contributed by atoms with van der Waals surface area (Å²) in [6.45, 7) is 0.757. The molecule has 0 fully saturated rings. The molecule has 1 amide bonds. The first kappa shape index (κ1) is 7.16. The number of nitrogens with zero attached hydrogens (tertiary/aromatic N) is 1. The van der Waals surface area contributed by atoms with Crippen LogP contribution in [0.25, 0.3) is 0 Å². The molecule has 3 heteroatoms. The van der Waals surface area contributed by atoms with Gasteiger partial charge in [0.1, 0.15) is 0 Å². The van der Waals surface area contributed by atoms with Gasteiger partial charge in [-0.3, -0.25) is 4.79 Å². The highest BCUT2D eigenvalue weighted by Gasteiger charge is 2.19. The zero-order chi connectivity index (χ0) is 8.55. The number of carbonyl (C=O) groups excluding carboxylic acids is 1.